The number of hydrogen-bond donors (Lipinski definition) is 2. The molecule has 0 unspecified atom stereocenters. The van der Waals surface area contributed by atoms with Gasteiger partial charge in [-0.05, 0) is 24.5 Å². The summed E-state index contributed by atoms with van der Waals surface area (Å²) in [6.07, 6.45) is 3.50. The number of benzene rings is 1. The Morgan fingerprint density at radius 3 is 2.85 bits per heavy atom. The molecule has 1 saturated heterocycles. The second-order valence-corrected chi connectivity index (χ2v) is 5.04. The van der Waals surface area contributed by atoms with Crippen LogP contribution in [0.3, 0.4) is 0 Å². The minimum atomic E-state index is -0.166. The Kier molecular flexibility index (Phi) is 5.12. The second kappa shape index (κ2) is 7.05. The minimum absolute atomic E-state index is 0.0739. The van der Waals surface area contributed by atoms with Gasteiger partial charge in [-0.3, -0.25) is 9.59 Å². The number of para-hydroxylation sites is 1. The standard InChI is InChI=1S/C15H21N3O2/c16-10-12-6-3-4-7-13(12)17-14(19)11-18-9-5-1-2-8-15(18)20/h3-4,6-7H,1-2,5,8-11,16H2,(H,17,19). The lowest BCUT2D eigenvalue weighted by molar-refractivity contribution is -0.134. The fourth-order valence-corrected chi connectivity index (χ4v) is 2.39. The summed E-state index contributed by atoms with van der Waals surface area (Å²) in [7, 11) is 0. The van der Waals surface area contributed by atoms with E-state index in [2.05, 4.69) is 5.32 Å². The van der Waals surface area contributed by atoms with Crippen LogP contribution in [0.4, 0.5) is 5.69 Å². The SMILES string of the molecule is NCc1ccccc1NC(=O)CN1CCCCCC1=O. The first-order chi connectivity index (χ1) is 9.70. The van der Waals surface area contributed by atoms with Crippen molar-refractivity contribution in [3.05, 3.63) is 29.8 Å². The average Bonchev–Trinajstić information content (AvgIpc) is 2.65. The van der Waals surface area contributed by atoms with Crippen LogP contribution in [0.2, 0.25) is 0 Å². The van der Waals surface area contributed by atoms with E-state index < -0.39 is 0 Å². The van der Waals surface area contributed by atoms with Crippen molar-refractivity contribution in [3.8, 4) is 0 Å². The Labute approximate surface area is 119 Å². The lowest BCUT2D eigenvalue weighted by Gasteiger charge is -2.20. The van der Waals surface area contributed by atoms with E-state index in [0.29, 0.717) is 19.5 Å². The van der Waals surface area contributed by atoms with Gasteiger partial charge in [0, 0.05) is 25.2 Å². The van der Waals surface area contributed by atoms with Gasteiger partial charge in [-0.25, -0.2) is 0 Å². The highest BCUT2D eigenvalue weighted by Crippen LogP contribution is 2.15. The highest BCUT2D eigenvalue weighted by molar-refractivity contribution is 5.95. The number of hydrogen-bond acceptors (Lipinski definition) is 3. The molecule has 1 aromatic rings. The van der Waals surface area contributed by atoms with Crippen molar-refractivity contribution in [2.75, 3.05) is 18.4 Å². The molecule has 0 atom stereocenters. The van der Waals surface area contributed by atoms with Crippen molar-refractivity contribution < 1.29 is 9.59 Å². The van der Waals surface area contributed by atoms with Crippen LogP contribution in [0.25, 0.3) is 0 Å². The molecule has 0 spiro atoms. The molecule has 0 aliphatic carbocycles. The molecule has 20 heavy (non-hydrogen) atoms. The van der Waals surface area contributed by atoms with Crippen molar-refractivity contribution in [2.45, 2.75) is 32.2 Å². The number of carbonyl (C=O) groups is 2. The zero-order valence-electron chi connectivity index (χ0n) is 11.6. The fourth-order valence-electron chi connectivity index (χ4n) is 2.39. The summed E-state index contributed by atoms with van der Waals surface area (Å²) in [5.41, 5.74) is 7.25. The molecule has 108 valence electrons. The summed E-state index contributed by atoms with van der Waals surface area (Å²) < 4.78 is 0. The molecule has 1 fully saturated rings. The number of nitrogens with zero attached hydrogens (tertiary/aromatic N) is 1. The Bertz CT molecular complexity index is 488. The Balaban J connectivity index is 1.96. The summed E-state index contributed by atoms with van der Waals surface area (Å²) in [6.45, 7) is 1.17. The van der Waals surface area contributed by atoms with E-state index in [0.717, 1.165) is 30.5 Å². The van der Waals surface area contributed by atoms with Crippen LogP contribution < -0.4 is 11.1 Å². The molecule has 0 bridgehead atoms. The topological polar surface area (TPSA) is 75.4 Å². The number of nitrogens with one attached hydrogen (secondary N) is 1. The molecule has 2 amide bonds. The average molecular weight is 275 g/mol. The molecular formula is C15H21N3O2. The Morgan fingerprint density at radius 2 is 2.05 bits per heavy atom. The maximum Gasteiger partial charge on any atom is 0.244 e. The van der Waals surface area contributed by atoms with Crippen LogP contribution in [0.1, 0.15) is 31.2 Å². The van der Waals surface area contributed by atoms with E-state index in [9.17, 15) is 9.59 Å². The quantitative estimate of drug-likeness (QED) is 0.874. The summed E-state index contributed by atoms with van der Waals surface area (Å²) >= 11 is 0. The molecule has 1 aliphatic heterocycles. The molecule has 5 nitrogen and oxygen atoms in total. The van der Waals surface area contributed by atoms with E-state index in [-0.39, 0.29) is 18.4 Å². The van der Waals surface area contributed by atoms with Crippen molar-refractivity contribution in [3.63, 3.8) is 0 Å². The smallest absolute Gasteiger partial charge is 0.244 e. The van der Waals surface area contributed by atoms with Gasteiger partial charge in [-0.15, -0.1) is 0 Å². The molecule has 3 N–H and O–H groups in total. The van der Waals surface area contributed by atoms with E-state index in [1.807, 2.05) is 24.3 Å². The van der Waals surface area contributed by atoms with Crippen molar-refractivity contribution in [1.29, 1.82) is 0 Å². The molecule has 5 heteroatoms. The third kappa shape index (κ3) is 3.81. The number of likely N-dealkylation sites (tertiary alicyclic amines) is 1. The predicted molar refractivity (Wildman–Crippen MR) is 78.0 cm³/mol. The normalized spacial score (nSPS) is 15.8. The van der Waals surface area contributed by atoms with E-state index in [1.165, 1.54) is 0 Å². The predicted octanol–water partition coefficient (Wildman–Crippen LogP) is 1.49. The maximum absolute atomic E-state index is 12.1. The lowest BCUT2D eigenvalue weighted by Crippen LogP contribution is -2.37. The second-order valence-electron chi connectivity index (χ2n) is 5.04. The summed E-state index contributed by atoms with van der Waals surface area (Å²) in [5, 5.41) is 2.84. The van der Waals surface area contributed by atoms with Gasteiger partial charge in [0.1, 0.15) is 0 Å². The van der Waals surface area contributed by atoms with Gasteiger partial charge in [0.25, 0.3) is 0 Å². The van der Waals surface area contributed by atoms with E-state index in [4.69, 9.17) is 5.73 Å². The van der Waals surface area contributed by atoms with Gasteiger partial charge in [-0.2, -0.15) is 0 Å². The minimum Gasteiger partial charge on any atom is -0.333 e. The third-order valence-corrected chi connectivity index (χ3v) is 3.52. The van der Waals surface area contributed by atoms with Crippen LogP contribution in [0, 0.1) is 0 Å². The van der Waals surface area contributed by atoms with E-state index in [1.54, 1.807) is 4.90 Å². The molecular weight excluding hydrogens is 254 g/mol. The molecule has 0 saturated carbocycles. The van der Waals surface area contributed by atoms with Gasteiger partial charge in [-0.1, -0.05) is 24.6 Å². The van der Waals surface area contributed by atoms with Gasteiger partial charge in [0.15, 0.2) is 0 Å². The maximum atomic E-state index is 12.1. The van der Waals surface area contributed by atoms with E-state index >= 15 is 0 Å². The summed E-state index contributed by atoms with van der Waals surface area (Å²) in [5.74, 6) is -0.0917. The van der Waals surface area contributed by atoms with Crippen LogP contribution >= 0.6 is 0 Å². The Morgan fingerprint density at radius 1 is 1.25 bits per heavy atom. The van der Waals surface area contributed by atoms with Gasteiger partial charge < -0.3 is 16.0 Å². The van der Waals surface area contributed by atoms with Crippen LogP contribution in [0.15, 0.2) is 24.3 Å². The number of amides is 2. The molecule has 1 aliphatic rings. The highest BCUT2D eigenvalue weighted by atomic mass is 16.2. The largest absolute Gasteiger partial charge is 0.333 e. The Hall–Kier alpha value is -1.88. The monoisotopic (exact) mass is 275 g/mol. The van der Waals surface area contributed by atoms with Crippen LogP contribution in [-0.2, 0) is 16.1 Å². The number of rotatable bonds is 4. The molecule has 0 aromatic heterocycles. The first-order valence-electron chi connectivity index (χ1n) is 7.06. The van der Waals surface area contributed by atoms with Gasteiger partial charge in [0.05, 0.1) is 6.54 Å². The van der Waals surface area contributed by atoms with Crippen LogP contribution in [0.5, 0.6) is 0 Å². The number of nitrogens with two attached hydrogens (primary N) is 1. The lowest BCUT2D eigenvalue weighted by atomic mass is 10.2. The van der Waals surface area contributed by atoms with Crippen molar-refractivity contribution >= 4 is 17.5 Å². The molecule has 1 aromatic carbocycles. The summed E-state index contributed by atoms with van der Waals surface area (Å²) in [4.78, 5) is 25.6. The van der Waals surface area contributed by atoms with Gasteiger partial charge in [0.2, 0.25) is 11.8 Å². The fraction of sp³-hybridized carbons (Fsp3) is 0.467. The zero-order chi connectivity index (χ0) is 14.4. The van der Waals surface area contributed by atoms with Crippen LogP contribution in [-0.4, -0.2) is 29.8 Å². The molecule has 2 rings (SSSR count). The number of anilines is 1. The van der Waals surface area contributed by atoms with Gasteiger partial charge >= 0.3 is 0 Å². The molecule has 1 heterocycles. The third-order valence-electron chi connectivity index (χ3n) is 3.52. The first kappa shape index (κ1) is 14.5. The highest BCUT2D eigenvalue weighted by Gasteiger charge is 2.19. The number of carbonyl (C=O) groups excluding carboxylic acids is 2. The zero-order valence-corrected chi connectivity index (χ0v) is 11.6. The van der Waals surface area contributed by atoms with Crippen molar-refractivity contribution in [2.24, 2.45) is 5.73 Å². The van der Waals surface area contributed by atoms with Crippen molar-refractivity contribution in [1.82, 2.24) is 4.90 Å². The molecule has 0 radical (unpaired) electrons. The summed E-state index contributed by atoms with van der Waals surface area (Å²) in [6, 6.07) is 7.44. The first-order valence-corrected chi connectivity index (χ1v) is 7.06.